The van der Waals surface area contributed by atoms with E-state index in [0.717, 1.165) is 22.3 Å². The molecule has 1 heterocycles. The van der Waals surface area contributed by atoms with Crippen LogP contribution in [0.15, 0.2) is 48.5 Å². The number of carboxylic acid groups (broad SMARTS) is 1. The number of halogens is 3. The number of aliphatic carboxylic acids is 1. The highest BCUT2D eigenvalue weighted by Gasteiger charge is 2.35. The van der Waals surface area contributed by atoms with Crippen molar-refractivity contribution >= 4 is 52.8 Å². The Bertz CT molecular complexity index is 1110. The zero-order valence-electron chi connectivity index (χ0n) is 19.4. The molecule has 4 rings (SSSR count). The molecule has 0 spiro atoms. The largest absolute Gasteiger partial charge is 0.480 e. The number of hydrogen-bond donors (Lipinski definition) is 2. The summed E-state index contributed by atoms with van der Waals surface area (Å²) in [6.45, 7) is -0.494. The first-order valence-electron chi connectivity index (χ1n) is 11.5. The van der Waals surface area contributed by atoms with Crippen molar-refractivity contribution in [2.45, 2.75) is 41.0 Å². The highest BCUT2D eigenvalue weighted by atomic mass is 35.6. The van der Waals surface area contributed by atoms with Crippen LogP contribution in [0.5, 0.6) is 0 Å². The minimum absolute atomic E-state index is 0.0277. The van der Waals surface area contributed by atoms with Crippen LogP contribution >= 0.6 is 34.8 Å². The summed E-state index contributed by atoms with van der Waals surface area (Å²) in [5, 5.41) is 11.9. The summed E-state index contributed by atoms with van der Waals surface area (Å²) in [6.07, 6.45) is -2.68. The second kappa shape index (κ2) is 11.9. The molecule has 2 aliphatic rings. The molecule has 2 aromatic carbocycles. The van der Waals surface area contributed by atoms with Crippen LogP contribution in [-0.4, -0.2) is 65.2 Å². The first-order chi connectivity index (χ1) is 17.6. The van der Waals surface area contributed by atoms with E-state index in [4.69, 9.17) is 53.8 Å². The first kappa shape index (κ1) is 27.5. The summed E-state index contributed by atoms with van der Waals surface area (Å²) in [5.41, 5.74) is 4.26. The zero-order chi connectivity index (χ0) is 26.6. The number of alkyl halides is 3. The fraction of sp³-hybridized carbons (Fsp3) is 0.400. The van der Waals surface area contributed by atoms with Crippen molar-refractivity contribution in [3.63, 3.8) is 0 Å². The van der Waals surface area contributed by atoms with E-state index in [-0.39, 0.29) is 32.0 Å². The third-order valence-corrected chi connectivity index (χ3v) is 6.34. The Kier molecular flexibility index (Phi) is 8.82. The van der Waals surface area contributed by atoms with E-state index in [2.05, 4.69) is 5.32 Å². The number of benzene rings is 2. The maximum Gasteiger partial charge on any atom is 0.407 e. The Hall–Kier alpha value is -2.56. The van der Waals surface area contributed by atoms with Gasteiger partial charge in [-0.1, -0.05) is 83.3 Å². The van der Waals surface area contributed by atoms with Gasteiger partial charge in [-0.3, -0.25) is 0 Å². The number of hydrogen-bond acceptors (Lipinski definition) is 7. The minimum atomic E-state index is -1.76. The highest BCUT2D eigenvalue weighted by Crippen LogP contribution is 2.44. The summed E-state index contributed by atoms with van der Waals surface area (Å²) in [4.78, 5) is 36.2. The number of esters is 1. The number of carbonyl (C=O) groups excluding carboxylic acids is 2. The van der Waals surface area contributed by atoms with Gasteiger partial charge in [0, 0.05) is 12.3 Å². The monoisotopic (exact) mass is 571 g/mol. The Labute approximate surface area is 227 Å². The fourth-order valence-corrected chi connectivity index (χ4v) is 4.48. The van der Waals surface area contributed by atoms with Crippen molar-refractivity contribution in [3.8, 4) is 11.1 Å². The van der Waals surface area contributed by atoms with Crippen LogP contribution in [-0.2, 0) is 28.5 Å². The predicted molar refractivity (Wildman–Crippen MR) is 135 cm³/mol. The van der Waals surface area contributed by atoms with Crippen LogP contribution < -0.4 is 5.32 Å². The molecule has 1 fully saturated rings. The third kappa shape index (κ3) is 7.06. The van der Waals surface area contributed by atoms with E-state index in [1.54, 1.807) is 0 Å². The molecule has 0 radical (unpaired) electrons. The quantitative estimate of drug-likeness (QED) is 0.335. The molecule has 37 heavy (non-hydrogen) atoms. The molecule has 198 valence electrons. The van der Waals surface area contributed by atoms with Crippen molar-refractivity contribution in [2.24, 2.45) is 0 Å². The van der Waals surface area contributed by atoms with Gasteiger partial charge in [0.2, 0.25) is 3.79 Å². The van der Waals surface area contributed by atoms with Gasteiger partial charge in [-0.05, 0) is 28.7 Å². The lowest BCUT2D eigenvalue weighted by Gasteiger charge is -2.18. The van der Waals surface area contributed by atoms with E-state index in [9.17, 15) is 19.5 Å². The summed E-state index contributed by atoms with van der Waals surface area (Å²) in [7, 11) is 0. The molecule has 9 nitrogen and oxygen atoms in total. The fourth-order valence-electron chi connectivity index (χ4n) is 4.32. The molecule has 1 aliphatic heterocycles. The van der Waals surface area contributed by atoms with Gasteiger partial charge in [-0.25, -0.2) is 14.4 Å². The molecule has 0 saturated carbocycles. The van der Waals surface area contributed by atoms with Crippen LogP contribution in [0.4, 0.5) is 4.79 Å². The molecule has 1 saturated heterocycles. The van der Waals surface area contributed by atoms with E-state index in [1.165, 1.54) is 0 Å². The van der Waals surface area contributed by atoms with Gasteiger partial charge in [-0.2, -0.15) is 0 Å². The van der Waals surface area contributed by atoms with Crippen LogP contribution in [0.3, 0.4) is 0 Å². The molecule has 0 bridgehead atoms. The van der Waals surface area contributed by atoms with Crippen molar-refractivity contribution in [3.05, 3.63) is 59.7 Å². The van der Waals surface area contributed by atoms with Gasteiger partial charge in [-0.15, -0.1) is 0 Å². The number of carboxylic acids is 1. The smallest absolute Gasteiger partial charge is 0.407 e. The van der Waals surface area contributed by atoms with Gasteiger partial charge in [0.15, 0.2) is 12.4 Å². The molecule has 12 heteroatoms. The average Bonchev–Trinajstić information content (AvgIpc) is 3.46. The molecule has 0 aromatic heterocycles. The van der Waals surface area contributed by atoms with Crippen molar-refractivity contribution in [1.82, 2.24) is 5.32 Å². The van der Waals surface area contributed by atoms with Gasteiger partial charge in [0.05, 0.1) is 6.61 Å². The van der Waals surface area contributed by atoms with Gasteiger partial charge in [0.1, 0.15) is 19.3 Å². The second-order valence-corrected chi connectivity index (χ2v) is 11.1. The second-order valence-electron chi connectivity index (χ2n) is 8.55. The van der Waals surface area contributed by atoms with E-state index in [0.29, 0.717) is 0 Å². The number of fused-ring (bicyclic) bond motifs is 3. The van der Waals surface area contributed by atoms with E-state index < -0.39 is 46.9 Å². The third-order valence-electron chi connectivity index (χ3n) is 6.02. The van der Waals surface area contributed by atoms with E-state index in [1.807, 2.05) is 48.5 Å². The first-order valence-corrected chi connectivity index (χ1v) is 12.6. The maximum atomic E-state index is 12.5. The number of alkyl carbamates (subject to hydrolysis) is 1. The van der Waals surface area contributed by atoms with Crippen LogP contribution in [0.1, 0.15) is 29.9 Å². The Morgan fingerprint density at radius 1 is 1.03 bits per heavy atom. The molecule has 2 aromatic rings. The summed E-state index contributed by atoms with van der Waals surface area (Å²) >= 11 is 16.7. The average molecular weight is 573 g/mol. The summed E-state index contributed by atoms with van der Waals surface area (Å²) in [5.74, 6) is -2.16. The predicted octanol–water partition coefficient (Wildman–Crippen LogP) is 4.41. The highest BCUT2D eigenvalue weighted by molar-refractivity contribution is 6.67. The Morgan fingerprint density at radius 3 is 2.24 bits per heavy atom. The normalized spacial score (nSPS) is 19.5. The maximum absolute atomic E-state index is 12.5. The van der Waals surface area contributed by atoms with Gasteiger partial charge < -0.3 is 29.4 Å². The Balaban J connectivity index is 1.26. The van der Waals surface area contributed by atoms with E-state index >= 15 is 0 Å². The van der Waals surface area contributed by atoms with Gasteiger partial charge in [0.25, 0.3) is 0 Å². The number of carbonyl (C=O) groups is 3. The standard InChI is InChI=1S/C25H24Cl3NO8/c26-25(27,28)13-36-23(32)20-12-34-21(37-20)10-9-19(22(30)31)29-24(33)35-11-18-16-7-3-1-5-14(16)15-6-2-4-8-17(15)18/h1-8,18-21H,9-13H2,(H,29,33)(H,30,31)/t19-,20-,21?/m0/s1. The molecule has 1 amide bonds. The topological polar surface area (TPSA) is 120 Å². The molecule has 2 N–H and O–H groups in total. The zero-order valence-corrected chi connectivity index (χ0v) is 21.7. The van der Waals surface area contributed by atoms with Crippen molar-refractivity contribution < 1.29 is 38.4 Å². The SMILES string of the molecule is O=C(N[C@@H](CCC1OC[C@@H](C(=O)OCC(Cl)(Cl)Cl)O1)C(=O)O)OCC1c2ccccc2-c2ccccc21. The minimum Gasteiger partial charge on any atom is -0.480 e. The number of nitrogens with one attached hydrogen (secondary N) is 1. The molecular weight excluding hydrogens is 549 g/mol. The molecule has 1 aliphatic carbocycles. The Morgan fingerprint density at radius 2 is 1.65 bits per heavy atom. The lowest BCUT2D eigenvalue weighted by Crippen LogP contribution is -2.42. The van der Waals surface area contributed by atoms with Crippen LogP contribution in [0, 0.1) is 0 Å². The number of rotatable bonds is 9. The lowest BCUT2D eigenvalue weighted by atomic mass is 9.98. The molecule has 1 unspecified atom stereocenters. The van der Waals surface area contributed by atoms with Crippen molar-refractivity contribution in [2.75, 3.05) is 19.8 Å². The summed E-state index contributed by atoms with van der Waals surface area (Å²) in [6, 6.07) is 14.5. The number of ether oxygens (including phenoxy) is 4. The van der Waals surface area contributed by atoms with Crippen LogP contribution in [0.2, 0.25) is 0 Å². The van der Waals surface area contributed by atoms with Gasteiger partial charge >= 0.3 is 18.0 Å². The molecule has 3 atom stereocenters. The van der Waals surface area contributed by atoms with Crippen LogP contribution in [0.25, 0.3) is 11.1 Å². The molecular formula is C25H24Cl3NO8. The lowest BCUT2D eigenvalue weighted by molar-refractivity contribution is -0.157. The summed E-state index contributed by atoms with van der Waals surface area (Å²) < 4.78 is 19.3. The number of amides is 1. The van der Waals surface area contributed by atoms with Crippen molar-refractivity contribution in [1.29, 1.82) is 0 Å².